The highest BCUT2D eigenvalue weighted by molar-refractivity contribution is 6.35. The van der Waals surface area contributed by atoms with E-state index in [-0.39, 0.29) is 6.03 Å². The van der Waals surface area contributed by atoms with Gasteiger partial charge < -0.3 is 24.6 Å². The van der Waals surface area contributed by atoms with E-state index >= 15 is 0 Å². The highest BCUT2D eigenvalue weighted by atomic mass is 35.5. The number of carbonyl (C=O) groups is 1. The molecule has 0 aliphatic carbocycles. The second-order valence-electron chi connectivity index (χ2n) is 7.37. The number of ether oxygens (including phenoxy) is 2. The molecule has 1 N–H and O–H groups in total. The summed E-state index contributed by atoms with van der Waals surface area (Å²) < 4.78 is 10.6. The van der Waals surface area contributed by atoms with E-state index in [1.165, 1.54) is 0 Å². The van der Waals surface area contributed by atoms with Crippen molar-refractivity contribution in [2.75, 3.05) is 50.6 Å². The van der Waals surface area contributed by atoms with Crippen molar-refractivity contribution >= 4 is 40.7 Å². The predicted octanol–water partition coefficient (Wildman–Crippen LogP) is 4.82. The van der Waals surface area contributed by atoms with Crippen LogP contribution in [0.5, 0.6) is 11.5 Å². The Bertz CT molecular complexity index is 1140. The van der Waals surface area contributed by atoms with Gasteiger partial charge in [0.05, 0.1) is 30.6 Å². The van der Waals surface area contributed by atoms with Crippen LogP contribution in [0.25, 0.3) is 11.3 Å². The number of urea groups is 1. The van der Waals surface area contributed by atoms with Gasteiger partial charge in [-0.2, -0.15) is 0 Å². The number of aromatic nitrogens is 2. The fourth-order valence-corrected chi connectivity index (χ4v) is 3.91. The van der Waals surface area contributed by atoms with Gasteiger partial charge in [-0.1, -0.05) is 23.2 Å². The second-order valence-corrected chi connectivity index (χ2v) is 8.22. The average molecular weight is 488 g/mol. The normalized spacial score (nSPS) is 13.6. The van der Waals surface area contributed by atoms with Gasteiger partial charge in [-0.3, -0.25) is 0 Å². The molecular formula is C23H23Cl2N5O3. The van der Waals surface area contributed by atoms with Crippen molar-refractivity contribution in [1.29, 1.82) is 0 Å². The summed E-state index contributed by atoms with van der Waals surface area (Å²) in [4.78, 5) is 16.5. The van der Waals surface area contributed by atoms with Crippen LogP contribution in [0.4, 0.5) is 16.3 Å². The summed E-state index contributed by atoms with van der Waals surface area (Å²) >= 11 is 12.1. The molecule has 0 atom stereocenters. The summed E-state index contributed by atoms with van der Waals surface area (Å²) in [7, 11) is 3.20. The van der Waals surface area contributed by atoms with Crippen molar-refractivity contribution < 1.29 is 14.3 Å². The van der Waals surface area contributed by atoms with E-state index in [1.807, 2.05) is 30.3 Å². The Morgan fingerprint density at radius 2 is 1.67 bits per heavy atom. The molecule has 1 saturated heterocycles. The van der Waals surface area contributed by atoms with Crippen LogP contribution in [0.3, 0.4) is 0 Å². The molecule has 1 aromatic heterocycles. The third-order valence-corrected chi connectivity index (χ3v) is 5.96. The molecule has 0 radical (unpaired) electrons. The van der Waals surface area contributed by atoms with Crippen LogP contribution < -0.4 is 19.7 Å². The number of benzene rings is 2. The van der Waals surface area contributed by atoms with E-state index < -0.39 is 0 Å². The first kappa shape index (κ1) is 22.9. The SMILES string of the molecule is COc1ccc(-c2ccc(N3CCN(C(=O)Nc4cc(Cl)ccc4Cl)CC3)nn2)cc1OC. The molecule has 2 heterocycles. The third-order valence-electron chi connectivity index (χ3n) is 5.39. The third kappa shape index (κ3) is 5.23. The van der Waals surface area contributed by atoms with Gasteiger partial charge in [0.25, 0.3) is 0 Å². The average Bonchev–Trinajstić information content (AvgIpc) is 2.86. The monoisotopic (exact) mass is 487 g/mol. The number of rotatable bonds is 5. The molecular weight excluding hydrogens is 465 g/mol. The number of nitrogens with zero attached hydrogens (tertiary/aromatic N) is 4. The first-order valence-corrected chi connectivity index (χ1v) is 11.1. The number of methoxy groups -OCH3 is 2. The molecule has 8 nitrogen and oxygen atoms in total. The number of anilines is 2. The highest BCUT2D eigenvalue weighted by Gasteiger charge is 2.23. The van der Waals surface area contributed by atoms with Crippen molar-refractivity contribution in [3.8, 4) is 22.8 Å². The summed E-state index contributed by atoms with van der Waals surface area (Å²) in [5.74, 6) is 2.05. The van der Waals surface area contributed by atoms with Gasteiger partial charge in [-0.25, -0.2) is 4.79 Å². The van der Waals surface area contributed by atoms with Crippen LogP contribution in [-0.2, 0) is 0 Å². The van der Waals surface area contributed by atoms with E-state index in [1.54, 1.807) is 37.3 Å². The van der Waals surface area contributed by atoms with Crippen molar-refractivity contribution in [2.45, 2.75) is 0 Å². The zero-order chi connectivity index (χ0) is 23.4. The van der Waals surface area contributed by atoms with Crippen LogP contribution in [0.2, 0.25) is 10.0 Å². The smallest absolute Gasteiger partial charge is 0.322 e. The summed E-state index contributed by atoms with van der Waals surface area (Å²) in [6.07, 6.45) is 0. The molecule has 33 heavy (non-hydrogen) atoms. The zero-order valence-corrected chi connectivity index (χ0v) is 19.7. The lowest BCUT2D eigenvalue weighted by Gasteiger charge is -2.35. The van der Waals surface area contributed by atoms with Gasteiger partial charge >= 0.3 is 6.03 Å². The van der Waals surface area contributed by atoms with Crippen molar-refractivity contribution in [3.05, 3.63) is 58.6 Å². The number of nitrogens with one attached hydrogen (secondary N) is 1. The predicted molar refractivity (Wildman–Crippen MR) is 130 cm³/mol. The quantitative estimate of drug-likeness (QED) is 0.555. The first-order valence-electron chi connectivity index (χ1n) is 10.3. The molecule has 2 amide bonds. The summed E-state index contributed by atoms with van der Waals surface area (Å²) in [5.41, 5.74) is 2.11. The fraction of sp³-hybridized carbons (Fsp3) is 0.261. The van der Waals surface area contributed by atoms with Crippen LogP contribution in [0.15, 0.2) is 48.5 Å². The number of hydrogen-bond donors (Lipinski definition) is 1. The molecule has 4 rings (SSSR count). The second kappa shape index (κ2) is 10.1. The maximum absolute atomic E-state index is 12.6. The molecule has 1 aliphatic rings. The van der Waals surface area contributed by atoms with Gasteiger partial charge in [0.2, 0.25) is 0 Å². The van der Waals surface area contributed by atoms with Crippen LogP contribution in [-0.4, -0.2) is 61.5 Å². The van der Waals surface area contributed by atoms with E-state index in [9.17, 15) is 4.79 Å². The largest absolute Gasteiger partial charge is 0.493 e. The minimum absolute atomic E-state index is 0.214. The Morgan fingerprint density at radius 1 is 0.909 bits per heavy atom. The molecule has 0 saturated carbocycles. The van der Waals surface area contributed by atoms with Gasteiger partial charge in [-0.15, -0.1) is 10.2 Å². The molecule has 1 fully saturated rings. The molecule has 1 aliphatic heterocycles. The lowest BCUT2D eigenvalue weighted by atomic mass is 10.1. The Balaban J connectivity index is 1.37. The zero-order valence-electron chi connectivity index (χ0n) is 18.2. The summed E-state index contributed by atoms with van der Waals surface area (Å²) in [6.45, 7) is 2.37. The van der Waals surface area contributed by atoms with E-state index in [2.05, 4.69) is 20.4 Å². The van der Waals surface area contributed by atoms with Crippen molar-refractivity contribution in [2.24, 2.45) is 0 Å². The molecule has 3 aromatic rings. The van der Waals surface area contributed by atoms with Gasteiger partial charge in [0.15, 0.2) is 17.3 Å². The Labute approximate surface area is 202 Å². The number of amides is 2. The van der Waals surface area contributed by atoms with E-state index in [4.69, 9.17) is 32.7 Å². The molecule has 2 aromatic carbocycles. The summed E-state index contributed by atoms with van der Waals surface area (Å²) in [6, 6.07) is 14.2. The topological polar surface area (TPSA) is 79.8 Å². The maximum Gasteiger partial charge on any atom is 0.322 e. The Morgan fingerprint density at radius 3 is 2.33 bits per heavy atom. The fourth-order valence-electron chi connectivity index (χ4n) is 3.57. The van der Waals surface area contributed by atoms with Crippen LogP contribution >= 0.6 is 23.2 Å². The van der Waals surface area contributed by atoms with Crippen LogP contribution in [0.1, 0.15) is 0 Å². The van der Waals surface area contributed by atoms with Gasteiger partial charge in [0.1, 0.15) is 0 Å². The Hall–Kier alpha value is -3.23. The number of hydrogen-bond acceptors (Lipinski definition) is 6. The Kier molecular flexibility index (Phi) is 7.05. The molecule has 172 valence electrons. The van der Waals surface area contributed by atoms with Crippen molar-refractivity contribution in [1.82, 2.24) is 15.1 Å². The highest BCUT2D eigenvalue weighted by Crippen LogP contribution is 2.32. The van der Waals surface area contributed by atoms with Crippen molar-refractivity contribution in [3.63, 3.8) is 0 Å². The molecule has 0 bridgehead atoms. The minimum atomic E-state index is -0.214. The lowest BCUT2D eigenvalue weighted by Crippen LogP contribution is -2.50. The standard InChI is InChI=1S/C23H23Cl2N5O3/c1-32-20-7-3-15(13-21(20)33-2)18-6-8-22(28-27-18)29-9-11-30(12-10-29)23(31)26-19-14-16(24)4-5-17(19)25/h3-8,13-14H,9-12H2,1-2H3,(H,26,31). The molecule has 10 heteroatoms. The molecule has 0 spiro atoms. The molecule has 0 unspecified atom stereocenters. The van der Waals surface area contributed by atoms with Gasteiger partial charge in [-0.05, 0) is 48.5 Å². The lowest BCUT2D eigenvalue weighted by molar-refractivity contribution is 0.208. The first-order chi connectivity index (χ1) is 16.0. The number of piperazine rings is 1. The van der Waals surface area contributed by atoms with E-state index in [0.717, 1.165) is 17.1 Å². The van der Waals surface area contributed by atoms with E-state index in [0.29, 0.717) is 53.4 Å². The van der Waals surface area contributed by atoms with Crippen LogP contribution in [0, 0.1) is 0 Å². The number of carbonyl (C=O) groups excluding carboxylic acids is 1. The summed E-state index contributed by atoms with van der Waals surface area (Å²) in [5, 5.41) is 12.5. The maximum atomic E-state index is 12.6. The number of halogens is 2. The van der Waals surface area contributed by atoms with Gasteiger partial charge in [0, 0.05) is 36.8 Å². The minimum Gasteiger partial charge on any atom is -0.493 e.